The van der Waals surface area contributed by atoms with Gasteiger partial charge in [-0.05, 0) is 37.1 Å². The number of carbonyl (C=O) groups is 1. The predicted molar refractivity (Wildman–Crippen MR) is 88.3 cm³/mol. The van der Waals surface area contributed by atoms with Gasteiger partial charge in [-0.1, -0.05) is 12.1 Å². The number of amides is 1. The van der Waals surface area contributed by atoms with E-state index in [0.717, 1.165) is 16.8 Å². The smallest absolute Gasteiger partial charge is 0.256 e. The Morgan fingerprint density at radius 3 is 2.83 bits per heavy atom. The second kappa shape index (κ2) is 5.81. The number of hydrogen-bond donors (Lipinski definition) is 2. The van der Waals surface area contributed by atoms with E-state index in [2.05, 4.69) is 15.4 Å². The number of benzene rings is 1. The summed E-state index contributed by atoms with van der Waals surface area (Å²) in [4.78, 5) is 17.1. The fraction of sp³-hybridized carbons (Fsp3) is 0.235. The van der Waals surface area contributed by atoms with Crippen LogP contribution in [0.3, 0.4) is 0 Å². The number of nitrogens with zero attached hydrogens (tertiary/aromatic N) is 3. The highest BCUT2D eigenvalue weighted by Crippen LogP contribution is 2.21. The van der Waals surface area contributed by atoms with E-state index >= 15 is 0 Å². The van der Waals surface area contributed by atoms with Gasteiger partial charge in [0.05, 0.1) is 23.8 Å². The van der Waals surface area contributed by atoms with Crippen LogP contribution in [0.5, 0.6) is 0 Å². The summed E-state index contributed by atoms with van der Waals surface area (Å²) in [6.45, 7) is 3.69. The van der Waals surface area contributed by atoms with Gasteiger partial charge in [0.2, 0.25) is 0 Å². The van der Waals surface area contributed by atoms with Crippen LogP contribution in [0.1, 0.15) is 27.2 Å². The van der Waals surface area contributed by atoms with Crippen molar-refractivity contribution in [3.63, 3.8) is 0 Å². The zero-order chi connectivity index (χ0) is 16.6. The molecule has 6 heteroatoms. The Kier molecular flexibility index (Phi) is 3.83. The van der Waals surface area contributed by atoms with Gasteiger partial charge < -0.3 is 10.4 Å². The summed E-state index contributed by atoms with van der Waals surface area (Å²) in [5.74, 6) is -0.216. The van der Waals surface area contributed by atoms with E-state index in [4.69, 9.17) is 0 Å². The topological polar surface area (TPSA) is 80.0 Å². The van der Waals surface area contributed by atoms with E-state index in [1.807, 2.05) is 26.0 Å². The van der Waals surface area contributed by atoms with Gasteiger partial charge in [0.25, 0.3) is 5.91 Å². The molecule has 0 atom stereocenters. The molecular formula is C17H18N4O2. The van der Waals surface area contributed by atoms with Crippen LogP contribution < -0.4 is 5.32 Å². The number of aliphatic hydroxyl groups is 1. The molecule has 118 valence electrons. The SMILES string of the molecule is Cc1cc(C(=O)Nc2cc(CO)ccc2C)c2cnn(C)c2n1. The quantitative estimate of drug-likeness (QED) is 0.778. The number of fused-ring (bicyclic) bond motifs is 1. The van der Waals surface area contributed by atoms with Gasteiger partial charge in [-0.2, -0.15) is 5.10 Å². The molecule has 3 aromatic rings. The lowest BCUT2D eigenvalue weighted by Crippen LogP contribution is -2.14. The molecule has 0 saturated heterocycles. The van der Waals surface area contributed by atoms with Gasteiger partial charge in [-0.15, -0.1) is 0 Å². The van der Waals surface area contributed by atoms with Crippen molar-refractivity contribution in [1.29, 1.82) is 0 Å². The lowest BCUT2D eigenvalue weighted by molar-refractivity contribution is 0.102. The molecule has 3 rings (SSSR count). The normalized spacial score (nSPS) is 11.0. The largest absolute Gasteiger partial charge is 0.392 e. The molecule has 0 radical (unpaired) electrons. The summed E-state index contributed by atoms with van der Waals surface area (Å²) in [5.41, 5.74) is 4.35. The number of rotatable bonds is 3. The maximum Gasteiger partial charge on any atom is 0.256 e. The van der Waals surface area contributed by atoms with Crippen molar-refractivity contribution in [3.05, 3.63) is 52.8 Å². The number of aryl methyl sites for hydroxylation is 3. The van der Waals surface area contributed by atoms with E-state index < -0.39 is 0 Å². The molecule has 0 bridgehead atoms. The predicted octanol–water partition coefficient (Wildman–Crippen LogP) is 2.33. The molecule has 2 aromatic heterocycles. The van der Waals surface area contributed by atoms with Gasteiger partial charge in [-0.3, -0.25) is 9.48 Å². The van der Waals surface area contributed by atoms with Gasteiger partial charge in [0.1, 0.15) is 0 Å². The molecule has 6 nitrogen and oxygen atoms in total. The Morgan fingerprint density at radius 1 is 1.30 bits per heavy atom. The first-order chi connectivity index (χ1) is 11.0. The third-order valence-corrected chi connectivity index (χ3v) is 3.81. The highest BCUT2D eigenvalue weighted by atomic mass is 16.3. The number of pyridine rings is 1. The molecule has 0 aliphatic carbocycles. The van der Waals surface area contributed by atoms with Crippen molar-refractivity contribution in [2.75, 3.05) is 5.32 Å². The molecule has 0 saturated carbocycles. The third-order valence-electron chi connectivity index (χ3n) is 3.81. The molecule has 2 heterocycles. The Balaban J connectivity index is 2.01. The van der Waals surface area contributed by atoms with E-state index in [9.17, 15) is 9.90 Å². The average molecular weight is 310 g/mol. The Labute approximate surface area is 133 Å². The molecule has 0 fully saturated rings. The van der Waals surface area contributed by atoms with Crippen LogP contribution in [-0.4, -0.2) is 25.8 Å². The van der Waals surface area contributed by atoms with Crippen molar-refractivity contribution < 1.29 is 9.90 Å². The van der Waals surface area contributed by atoms with Crippen LogP contribution in [0.15, 0.2) is 30.5 Å². The fourth-order valence-electron chi connectivity index (χ4n) is 2.52. The Hall–Kier alpha value is -2.73. The minimum Gasteiger partial charge on any atom is -0.392 e. The first-order valence-corrected chi connectivity index (χ1v) is 7.30. The number of anilines is 1. The van der Waals surface area contributed by atoms with E-state index in [-0.39, 0.29) is 12.5 Å². The molecule has 0 aliphatic heterocycles. The van der Waals surface area contributed by atoms with Crippen LogP contribution >= 0.6 is 0 Å². The highest BCUT2D eigenvalue weighted by molar-refractivity contribution is 6.12. The molecule has 0 unspecified atom stereocenters. The molecule has 1 amide bonds. The number of carbonyl (C=O) groups excluding carboxylic acids is 1. The minimum absolute atomic E-state index is 0.0651. The lowest BCUT2D eigenvalue weighted by Gasteiger charge is -2.11. The standard InChI is InChI=1S/C17H18N4O2/c1-10-4-5-12(9-22)7-15(10)20-17(23)13-6-11(2)19-16-14(13)8-18-21(16)3/h4-8,22H,9H2,1-3H3,(H,20,23). The summed E-state index contributed by atoms with van der Waals surface area (Å²) in [6, 6.07) is 7.24. The van der Waals surface area contributed by atoms with Crippen LogP contribution in [0.2, 0.25) is 0 Å². The number of nitrogens with one attached hydrogen (secondary N) is 1. The molecule has 0 spiro atoms. The summed E-state index contributed by atoms with van der Waals surface area (Å²) in [7, 11) is 1.80. The number of hydrogen-bond acceptors (Lipinski definition) is 4. The average Bonchev–Trinajstić information content (AvgIpc) is 2.90. The van der Waals surface area contributed by atoms with Gasteiger partial charge >= 0.3 is 0 Å². The van der Waals surface area contributed by atoms with Crippen molar-refractivity contribution in [2.45, 2.75) is 20.5 Å². The monoisotopic (exact) mass is 310 g/mol. The fourth-order valence-corrected chi connectivity index (χ4v) is 2.52. The van der Waals surface area contributed by atoms with Crippen LogP contribution in [-0.2, 0) is 13.7 Å². The van der Waals surface area contributed by atoms with E-state index in [1.165, 1.54) is 0 Å². The lowest BCUT2D eigenvalue weighted by atomic mass is 10.1. The minimum atomic E-state index is -0.216. The van der Waals surface area contributed by atoms with Crippen LogP contribution in [0.4, 0.5) is 5.69 Å². The zero-order valence-corrected chi connectivity index (χ0v) is 13.3. The Morgan fingerprint density at radius 2 is 2.09 bits per heavy atom. The maximum atomic E-state index is 12.7. The maximum absolute atomic E-state index is 12.7. The first-order valence-electron chi connectivity index (χ1n) is 7.30. The van der Waals surface area contributed by atoms with Crippen molar-refractivity contribution in [3.8, 4) is 0 Å². The second-order valence-electron chi connectivity index (χ2n) is 5.58. The van der Waals surface area contributed by atoms with Crippen LogP contribution in [0, 0.1) is 13.8 Å². The summed E-state index contributed by atoms with van der Waals surface area (Å²) >= 11 is 0. The molecule has 0 aliphatic rings. The van der Waals surface area contributed by atoms with E-state index in [1.54, 1.807) is 30.1 Å². The molecule has 23 heavy (non-hydrogen) atoms. The van der Waals surface area contributed by atoms with E-state index in [0.29, 0.717) is 22.3 Å². The van der Waals surface area contributed by atoms with Crippen molar-refractivity contribution in [1.82, 2.24) is 14.8 Å². The number of aliphatic hydroxyl groups excluding tert-OH is 1. The Bertz CT molecular complexity index is 899. The van der Waals surface area contributed by atoms with Gasteiger partial charge in [-0.25, -0.2) is 4.98 Å². The zero-order valence-electron chi connectivity index (χ0n) is 13.3. The second-order valence-corrected chi connectivity index (χ2v) is 5.58. The summed E-state index contributed by atoms with van der Waals surface area (Å²) in [6.07, 6.45) is 1.65. The summed E-state index contributed by atoms with van der Waals surface area (Å²) < 4.78 is 1.65. The third kappa shape index (κ3) is 2.80. The first kappa shape index (κ1) is 15.2. The highest BCUT2D eigenvalue weighted by Gasteiger charge is 2.15. The van der Waals surface area contributed by atoms with Crippen molar-refractivity contribution in [2.24, 2.45) is 7.05 Å². The van der Waals surface area contributed by atoms with Crippen LogP contribution in [0.25, 0.3) is 11.0 Å². The molecular weight excluding hydrogens is 292 g/mol. The molecule has 1 aromatic carbocycles. The summed E-state index contributed by atoms with van der Waals surface area (Å²) in [5, 5.41) is 17.1. The van der Waals surface area contributed by atoms with Gasteiger partial charge in [0, 0.05) is 18.4 Å². The van der Waals surface area contributed by atoms with Gasteiger partial charge in [0.15, 0.2) is 5.65 Å². The number of aromatic nitrogens is 3. The van der Waals surface area contributed by atoms with Crippen molar-refractivity contribution >= 4 is 22.6 Å². The molecule has 2 N–H and O–H groups in total.